The Morgan fingerprint density at radius 3 is 2.20 bits per heavy atom. The molecule has 1 N–H and O–H groups in total. The average Bonchev–Trinajstić information content (AvgIpc) is 3.73. The number of nitro groups is 1. The molecule has 0 unspecified atom stereocenters. The second-order valence-corrected chi connectivity index (χ2v) is 19.1. The van der Waals surface area contributed by atoms with Crippen molar-refractivity contribution in [3.63, 3.8) is 0 Å². The summed E-state index contributed by atoms with van der Waals surface area (Å²) in [7, 11) is 0. The molecule has 326 valence electrons. The van der Waals surface area contributed by atoms with E-state index in [1.165, 1.54) is 35.2 Å². The summed E-state index contributed by atoms with van der Waals surface area (Å²) in [6.45, 7) is 16.3. The summed E-state index contributed by atoms with van der Waals surface area (Å²) < 4.78 is 58.7. The minimum absolute atomic E-state index is 0.0363. The number of benzene rings is 1. The molecule has 4 fully saturated rings. The number of nitrogens with zero attached hydrogens (tertiary/aromatic N) is 5. The van der Waals surface area contributed by atoms with Crippen molar-refractivity contribution in [2.24, 2.45) is 5.41 Å². The van der Waals surface area contributed by atoms with Gasteiger partial charge in [0.2, 0.25) is 5.88 Å². The lowest BCUT2D eigenvalue weighted by Crippen LogP contribution is -2.75. The van der Waals surface area contributed by atoms with Gasteiger partial charge < -0.3 is 29.0 Å². The Morgan fingerprint density at radius 2 is 1.62 bits per heavy atom. The quantitative estimate of drug-likeness (QED) is 0.0599. The minimum Gasteiger partial charge on any atom is -0.478 e. The Labute approximate surface area is 347 Å². The van der Waals surface area contributed by atoms with Crippen LogP contribution in [-0.4, -0.2) is 67.5 Å². The van der Waals surface area contributed by atoms with Gasteiger partial charge in [-0.05, 0) is 131 Å². The highest BCUT2D eigenvalue weighted by atomic mass is 19.3. The predicted octanol–water partition coefficient (Wildman–Crippen LogP) is 10.0. The molecule has 2 bridgehead atoms. The molecular weight excluding hydrogens is 786 g/mol. The Bertz CT molecular complexity index is 2080. The van der Waals surface area contributed by atoms with Gasteiger partial charge in [0.15, 0.2) is 0 Å². The number of anilines is 2. The van der Waals surface area contributed by atoms with E-state index in [4.69, 9.17) is 28.8 Å². The van der Waals surface area contributed by atoms with Gasteiger partial charge in [0.05, 0.1) is 28.5 Å². The van der Waals surface area contributed by atoms with Gasteiger partial charge >= 0.3 is 18.3 Å². The standard InChI is InChI=1S/C42H54F2N6O10/c1-38(2,3)49-33(21-30(47-49)25-10-13-29(18-25)58-37(53)57-28-14-11-26(12-15-28)50(54)55)48(36(52)60-40(7,8)9)27-19-31(34(43)44)45-32(20-27)56-17-16-41-22-42(23-41,24-41)46-35(51)59-39(4,5)6/h11-12,14-15,19-21,25,29,34H,10,13,16-18,22-24H2,1-9H3,(H,46,51)/t25-,29+,41?,42?/m0/s1. The molecule has 0 aliphatic heterocycles. The number of halogens is 2. The molecular formula is C42H54F2N6O10. The van der Waals surface area contributed by atoms with E-state index in [-0.39, 0.29) is 52.3 Å². The number of hydrogen-bond acceptors (Lipinski definition) is 12. The Balaban J connectivity index is 1.20. The van der Waals surface area contributed by atoms with Gasteiger partial charge in [0, 0.05) is 35.7 Å². The van der Waals surface area contributed by atoms with Crippen LogP contribution in [0.4, 0.5) is 40.4 Å². The van der Waals surface area contributed by atoms with Crippen molar-refractivity contribution in [3.8, 4) is 11.6 Å². The third kappa shape index (κ3) is 10.4. The number of ether oxygens (including phenoxy) is 5. The number of carbonyl (C=O) groups excluding carboxylic acids is 3. The van der Waals surface area contributed by atoms with Crippen molar-refractivity contribution in [2.45, 2.75) is 148 Å². The number of amides is 2. The first-order valence-electron chi connectivity index (χ1n) is 20.0. The molecule has 0 spiro atoms. The van der Waals surface area contributed by atoms with E-state index in [1.807, 2.05) is 20.8 Å². The summed E-state index contributed by atoms with van der Waals surface area (Å²) in [5.41, 5.74) is -2.76. The smallest absolute Gasteiger partial charge is 0.478 e. The van der Waals surface area contributed by atoms with Gasteiger partial charge in [-0.3, -0.25) is 10.1 Å². The second kappa shape index (κ2) is 16.1. The van der Waals surface area contributed by atoms with Gasteiger partial charge in [-0.2, -0.15) is 5.10 Å². The molecule has 16 nitrogen and oxygen atoms in total. The minimum atomic E-state index is -2.99. The maximum atomic E-state index is 14.5. The van der Waals surface area contributed by atoms with Gasteiger partial charge in [-0.1, -0.05) is 0 Å². The van der Waals surface area contributed by atoms with Crippen LogP contribution in [0.25, 0.3) is 0 Å². The van der Waals surface area contributed by atoms with E-state index in [2.05, 4.69) is 10.3 Å². The normalized spacial score (nSPS) is 22.3. The molecule has 4 saturated carbocycles. The van der Waals surface area contributed by atoms with E-state index in [0.717, 1.165) is 25.3 Å². The van der Waals surface area contributed by atoms with Crippen LogP contribution in [0.2, 0.25) is 0 Å². The number of non-ortho nitro benzene ring substituents is 1. The number of rotatable bonds is 12. The first-order valence-corrected chi connectivity index (χ1v) is 20.0. The summed E-state index contributed by atoms with van der Waals surface area (Å²) in [6.07, 6.45) is -1.46. The summed E-state index contributed by atoms with van der Waals surface area (Å²) in [6, 6.07) is 9.31. The molecule has 1 aromatic carbocycles. The maximum Gasteiger partial charge on any atom is 0.514 e. The number of alkyl carbamates (subject to hydrolysis) is 1. The van der Waals surface area contributed by atoms with Crippen molar-refractivity contribution in [2.75, 3.05) is 11.5 Å². The fraction of sp³-hybridized carbons (Fsp3) is 0.595. The number of pyridine rings is 1. The van der Waals surface area contributed by atoms with E-state index in [9.17, 15) is 33.3 Å². The first-order chi connectivity index (χ1) is 27.8. The Morgan fingerprint density at radius 1 is 0.967 bits per heavy atom. The molecule has 4 aliphatic carbocycles. The summed E-state index contributed by atoms with van der Waals surface area (Å²) in [5, 5.41) is 18.9. The largest absolute Gasteiger partial charge is 0.514 e. The van der Waals surface area contributed by atoms with Gasteiger partial charge in [-0.25, -0.2) is 37.7 Å². The molecule has 0 radical (unpaired) electrons. The number of aromatic nitrogens is 3. The Hall–Kier alpha value is -5.55. The van der Waals surface area contributed by atoms with Crippen LogP contribution in [-0.2, 0) is 19.7 Å². The van der Waals surface area contributed by atoms with Crippen molar-refractivity contribution in [1.29, 1.82) is 0 Å². The summed E-state index contributed by atoms with van der Waals surface area (Å²) in [5.74, 6) is 0.0342. The predicted molar refractivity (Wildman–Crippen MR) is 214 cm³/mol. The highest BCUT2D eigenvalue weighted by molar-refractivity contribution is 5.95. The molecule has 7 rings (SSSR count). The fourth-order valence-electron chi connectivity index (χ4n) is 8.20. The summed E-state index contributed by atoms with van der Waals surface area (Å²) in [4.78, 5) is 54.9. The van der Waals surface area contributed by atoms with E-state index >= 15 is 0 Å². The zero-order valence-corrected chi connectivity index (χ0v) is 35.5. The molecule has 60 heavy (non-hydrogen) atoms. The third-order valence-electron chi connectivity index (χ3n) is 10.5. The van der Waals surface area contributed by atoms with Crippen LogP contribution in [0, 0.1) is 15.5 Å². The highest BCUT2D eigenvalue weighted by Gasteiger charge is 2.68. The monoisotopic (exact) mass is 840 g/mol. The van der Waals surface area contributed by atoms with Crippen LogP contribution in [0.1, 0.15) is 131 Å². The van der Waals surface area contributed by atoms with Gasteiger partial charge in [0.1, 0.15) is 34.6 Å². The van der Waals surface area contributed by atoms with E-state index < -0.39 is 58.2 Å². The lowest BCUT2D eigenvalue weighted by molar-refractivity contribution is -0.384. The summed E-state index contributed by atoms with van der Waals surface area (Å²) >= 11 is 0. The highest BCUT2D eigenvalue weighted by Crippen LogP contribution is 2.69. The van der Waals surface area contributed by atoms with Gasteiger partial charge in [-0.15, -0.1) is 0 Å². The Kier molecular flexibility index (Phi) is 11.8. The topological polar surface area (TPSA) is 186 Å². The lowest BCUT2D eigenvalue weighted by atomic mass is 9.38. The molecule has 18 heteroatoms. The van der Waals surface area contributed by atoms with Gasteiger partial charge in [0.25, 0.3) is 12.1 Å². The maximum absolute atomic E-state index is 14.5. The molecule has 2 heterocycles. The second-order valence-electron chi connectivity index (χ2n) is 19.1. The van der Waals surface area contributed by atoms with E-state index in [1.54, 1.807) is 52.3 Å². The third-order valence-corrected chi connectivity index (χ3v) is 10.5. The average molecular weight is 841 g/mol. The van der Waals surface area contributed by atoms with Crippen molar-refractivity contribution < 1.29 is 51.8 Å². The van der Waals surface area contributed by atoms with Crippen LogP contribution in [0.15, 0.2) is 42.5 Å². The number of nitro benzene ring substituents is 1. The van der Waals surface area contributed by atoms with Crippen LogP contribution in [0.5, 0.6) is 11.6 Å². The first kappa shape index (κ1) is 44.0. The molecule has 2 amide bonds. The number of carbonyl (C=O) groups is 3. The molecule has 2 aromatic heterocycles. The van der Waals surface area contributed by atoms with Crippen LogP contribution in [0.3, 0.4) is 0 Å². The SMILES string of the molecule is CC(C)(C)OC(=O)NC12CC(CCOc3cc(N(C(=O)OC(C)(C)C)c4cc([C@H]5CC[C@@H](OC(=O)Oc6ccc([N+](=O)[O-])cc6)C5)nn4C(C)(C)C)cc(C(F)F)n3)(C1)C2. The fourth-order valence-corrected chi connectivity index (χ4v) is 8.20. The number of hydrogen-bond donors (Lipinski definition) is 1. The molecule has 0 saturated heterocycles. The number of alkyl halides is 2. The van der Waals surface area contributed by atoms with Crippen LogP contribution < -0.4 is 19.7 Å². The lowest BCUT2D eigenvalue weighted by Gasteiger charge is -2.70. The van der Waals surface area contributed by atoms with Crippen LogP contribution >= 0.6 is 0 Å². The van der Waals surface area contributed by atoms with E-state index in [0.29, 0.717) is 31.4 Å². The number of nitrogens with one attached hydrogen (secondary N) is 1. The van der Waals surface area contributed by atoms with Crippen molar-refractivity contribution in [1.82, 2.24) is 20.1 Å². The molecule has 2 atom stereocenters. The zero-order valence-electron chi connectivity index (χ0n) is 35.5. The molecule has 4 aliphatic rings. The zero-order chi connectivity index (χ0) is 44.0. The van der Waals surface area contributed by atoms with Crippen molar-refractivity contribution in [3.05, 3.63) is 64.0 Å². The van der Waals surface area contributed by atoms with Crippen molar-refractivity contribution >= 4 is 35.5 Å². The molecule has 3 aromatic rings.